The van der Waals surface area contributed by atoms with Crippen molar-refractivity contribution >= 4 is 12.4 Å². The Labute approximate surface area is 66.9 Å². The molecule has 1 heterocycles. The normalized spacial score (nSPS) is 9.33. The van der Waals surface area contributed by atoms with E-state index in [-0.39, 0.29) is 19.0 Å². The number of nitro groups is 1. The summed E-state index contributed by atoms with van der Waals surface area (Å²) in [7, 11) is 0. The minimum absolute atomic E-state index is 0.0131. The molecule has 0 unspecified atom stereocenters. The van der Waals surface area contributed by atoms with Gasteiger partial charge in [-0.2, -0.15) is 0 Å². The van der Waals surface area contributed by atoms with Crippen LogP contribution in [0.4, 0.5) is 5.88 Å². The molecule has 0 N–H and O–H groups in total. The van der Waals surface area contributed by atoms with E-state index >= 15 is 0 Å². The first kappa shape index (κ1) is 8.25. The molecule has 0 aromatic carbocycles. The lowest BCUT2D eigenvalue weighted by molar-refractivity contribution is -0.402. The van der Waals surface area contributed by atoms with Gasteiger partial charge in [0.25, 0.3) is 6.47 Å². The van der Waals surface area contributed by atoms with Crippen LogP contribution in [0.2, 0.25) is 0 Å². The van der Waals surface area contributed by atoms with Crippen LogP contribution in [0.1, 0.15) is 5.56 Å². The molecule has 0 atom stereocenters. The Morgan fingerprint density at radius 2 is 2.50 bits per heavy atom. The number of furan rings is 1. The van der Waals surface area contributed by atoms with Crippen molar-refractivity contribution in [2.75, 3.05) is 0 Å². The summed E-state index contributed by atoms with van der Waals surface area (Å²) in [5, 5.41) is 10.1. The van der Waals surface area contributed by atoms with Crippen molar-refractivity contribution in [1.29, 1.82) is 0 Å². The zero-order valence-corrected chi connectivity index (χ0v) is 5.93. The van der Waals surface area contributed by atoms with Crippen molar-refractivity contribution in [1.82, 2.24) is 0 Å². The van der Waals surface area contributed by atoms with Gasteiger partial charge in [0.15, 0.2) is 0 Å². The van der Waals surface area contributed by atoms with Gasteiger partial charge in [-0.15, -0.1) is 0 Å². The van der Waals surface area contributed by atoms with E-state index in [4.69, 9.17) is 0 Å². The van der Waals surface area contributed by atoms with Crippen molar-refractivity contribution in [2.24, 2.45) is 0 Å². The van der Waals surface area contributed by atoms with Gasteiger partial charge in [-0.3, -0.25) is 14.9 Å². The summed E-state index contributed by atoms with van der Waals surface area (Å²) in [5.41, 5.74) is 0.453. The van der Waals surface area contributed by atoms with E-state index in [1.165, 1.54) is 12.3 Å². The Hall–Kier alpha value is -1.85. The van der Waals surface area contributed by atoms with Crippen molar-refractivity contribution in [3.8, 4) is 0 Å². The molecule has 0 aliphatic rings. The van der Waals surface area contributed by atoms with Crippen LogP contribution in [0.25, 0.3) is 0 Å². The highest BCUT2D eigenvalue weighted by Gasteiger charge is 2.11. The molecular formula is C6H5NO5. The van der Waals surface area contributed by atoms with Gasteiger partial charge in [0, 0.05) is 5.56 Å². The van der Waals surface area contributed by atoms with Crippen LogP contribution in [0.3, 0.4) is 0 Å². The first-order valence-electron chi connectivity index (χ1n) is 3.01. The lowest BCUT2D eigenvalue weighted by Gasteiger charge is -1.89. The smallest absolute Gasteiger partial charge is 0.433 e. The summed E-state index contributed by atoms with van der Waals surface area (Å²) in [6.45, 7) is 0.250. The predicted molar refractivity (Wildman–Crippen MR) is 36.2 cm³/mol. The van der Waals surface area contributed by atoms with Crippen molar-refractivity contribution in [3.05, 3.63) is 28.0 Å². The summed E-state index contributed by atoms with van der Waals surface area (Å²) < 4.78 is 8.88. The summed E-state index contributed by atoms with van der Waals surface area (Å²) in [6.07, 6.45) is 1.17. The van der Waals surface area contributed by atoms with Crippen molar-refractivity contribution in [2.45, 2.75) is 6.61 Å². The second-order valence-corrected chi connectivity index (χ2v) is 1.96. The molecule has 0 amide bonds. The summed E-state index contributed by atoms with van der Waals surface area (Å²) in [4.78, 5) is 19.2. The van der Waals surface area contributed by atoms with E-state index in [2.05, 4.69) is 9.15 Å². The minimum Gasteiger partial charge on any atom is -0.463 e. The number of carbonyl (C=O) groups is 1. The molecule has 64 valence electrons. The Morgan fingerprint density at radius 3 is 3.00 bits per heavy atom. The van der Waals surface area contributed by atoms with E-state index in [0.717, 1.165) is 0 Å². The molecule has 0 radical (unpaired) electrons. The van der Waals surface area contributed by atoms with Gasteiger partial charge >= 0.3 is 5.88 Å². The van der Waals surface area contributed by atoms with E-state index in [1.807, 2.05) is 0 Å². The van der Waals surface area contributed by atoms with Crippen LogP contribution >= 0.6 is 0 Å². The van der Waals surface area contributed by atoms with Gasteiger partial charge in [0.2, 0.25) is 0 Å². The molecule has 6 heteroatoms. The number of nitrogens with zero attached hydrogens (tertiary/aromatic N) is 1. The standard InChI is InChI=1S/C6H5NO5/c8-4-11-2-5-1-6(7(9)10)12-3-5/h1,3-4H,2H2. The fourth-order valence-electron chi connectivity index (χ4n) is 0.664. The third-order valence-electron chi connectivity index (χ3n) is 1.14. The van der Waals surface area contributed by atoms with Gasteiger partial charge in [0.05, 0.1) is 6.07 Å². The summed E-state index contributed by atoms with van der Waals surface area (Å²) in [5.74, 6) is -0.362. The highest BCUT2D eigenvalue weighted by molar-refractivity contribution is 5.37. The number of hydrogen-bond donors (Lipinski definition) is 0. The van der Waals surface area contributed by atoms with E-state index < -0.39 is 4.92 Å². The summed E-state index contributed by atoms with van der Waals surface area (Å²) in [6, 6.07) is 1.20. The molecular weight excluding hydrogens is 166 g/mol. The van der Waals surface area contributed by atoms with Crippen molar-refractivity contribution < 1.29 is 18.9 Å². The minimum atomic E-state index is -0.662. The second kappa shape index (κ2) is 3.51. The molecule has 0 saturated heterocycles. The average Bonchev–Trinajstić information content (AvgIpc) is 2.48. The van der Waals surface area contributed by atoms with Crippen LogP contribution in [0.5, 0.6) is 0 Å². The number of rotatable bonds is 4. The van der Waals surface area contributed by atoms with Gasteiger partial charge in [0.1, 0.15) is 17.8 Å². The largest absolute Gasteiger partial charge is 0.463 e. The van der Waals surface area contributed by atoms with Gasteiger partial charge in [-0.1, -0.05) is 0 Å². The zero-order valence-electron chi connectivity index (χ0n) is 5.93. The summed E-state index contributed by atoms with van der Waals surface area (Å²) >= 11 is 0. The van der Waals surface area contributed by atoms with Crippen LogP contribution < -0.4 is 0 Å². The second-order valence-electron chi connectivity index (χ2n) is 1.96. The molecule has 6 nitrogen and oxygen atoms in total. The number of hydrogen-bond acceptors (Lipinski definition) is 5. The Bertz CT molecular complexity index is 292. The molecule has 0 aliphatic carbocycles. The SMILES string of the molecule is O=COCc1coc([N+](=O)[O-])c1. The third-order valence-corrected chi connectivity index (χ3v) is 1.14. The lowest BCUT2D eigenvalue weighted by atomic mass is 10.4. The monoisotopic (exact) mass is 171 g/mol. The number of ether oxygens (including phenoxy) is 1. The Balaban J connectivity index is 2.64. The zero-order chi connectivity index (χ0) is 8.97. The predicted octanol–water partition coefficient (Wildman–Crippen LogP) is 0.861. The average molecular weight is 171 g/mol. The lowest BCUT2D eigenvalue weighted by Crippen LogP contribution is -1.87. The molecule has 1 rings (SSSR count). The Kier molecular flexibility index (Phi) is 2.42. The van der Waals surface area contributed by atoms with Gasteiger partial charge < -0.3 is 9.15 Å². The molecule has 1 aromatic rings. The maximum Gasteiger partial charge on any atom is 0.433 e. The maximum atomic E-state index is 10.1. The van der Waals surface area contributed by atoms with Crippen molar-refractivity contribution in [3.63, 3.8) is 0 Å². The van der Waals surface area contributed by atoms with Gasteiger partial charge in [-0.05, 0) is 0 Å². The van der Waals surface area contributed by atoms with Crippen LogP contribution in [0.15, 0.2) is 16.7 Å². The van der Waals surface area contributed by atoms with E-state index in [9.17, 15) is 14.9 Å². The topological polar surface area (TPSA) is 82.6 Å². The van der Waals surface area contributed by atoms with Crippen LogP contribution in [-0.4, -0.2) is 11.4 Å². The first-order valence-corrected chi connectivity index (χ1v) is 3.01. The molecule has 0 bridgehead atoms. The number of carbonyl (C=O) groups excluding carboxylic acids is 1. The molecule has 1 aromatic heterocycles. The third kappa shape index (κ3) is 1.82. The molecule has 0 saturated carbocycles. The van der Waals surface area contributed by atoms with E-state index in [0.29, 0.717) is 5.56 Å². The van der Waals surface area contributed by atoms with Crippen LogP contribution in [0, 0.1) is 10.1 Å². The molecule has 0 fully saturated rings. The van der Waals surface area contributed by atoms with Crippen LogP contribution in [-0.2, 0) is 16.1 Å². The van der Waals surface area contributed by atoms with Gasteiger partial charge in [-0.25, -0.2) is 0 Å². The molecule has 0 aliphatic heterocycles. The highest BCUT2D eigenvalue weighted by Crippen LogP contribution is 2.15. The highest BCUT2D eigenvalue weighted by atomic mass is 16.6. The maximum absolute atomic E-state index is 10.1. The Morgan fingerprint density at radius 1 is 1.75 bits per heavy atom. The fraction of sp³-hybridized carbons (Fsp3) is 0.167. The molecule has 12 heavy (non-hydrogen) atoms. The quantitative estimate of drug-likeness (QED) is 0.381. The fourth-order valence-corrected chi connectivity index (χ4v) is 0.664. The van der Waals surface area contributed by atoms with E-state index in [1.54, 1.807) is 0 Å². The molecule has 0 spiro atoms. The first-order chi connectivity index (χ1) is 5.74.